The SMILES string of the molecule is CC(=O)NCCc1ccc(C(=O)CSc2nnc(Cc3ccccc3)n2-c2ccccc2)s1. The summed E-state index contributed by atoms with van der Waals surface area (Å²) in [5, 5.41) is 12.3. The number of amides is 1. The highest BCUT2D eigenvalue weighted by Gasteiger charge is 2.17. The molecule has 168 valence electrons. The lowest BCUT2D eigenvalue weighted by Crippen LogP contribution is -2.22. The summed E-state index contributed by atoms with van der Waals surface area (Å²) in [5.41, 5.74) is 2.12. The zero-order valence-electron chi connectivity index (χ0n) is 18.2. The molecule has 0 aliphatic heterocycles. The predicted molar refractivity (Wildman–Crippen MR) is 132 cm³/mol. The van der Waals surface area contributed by atoms with Gasteiger partial charge in [0.1, 0.15) is 5.82 Å². The first-order valence-electron chi connectivity index (χ1n) is 10.6. The Morgan fingerprint density at radius 1 is 0.970 bits per heavy atom. The maximum Gasteiger partial charge on any atom is 0.216 e. The summed E-state index contributed by atoms with van der Waals surface area (Å²) >= 11 is 2.88. The van der Waals surface area contributed by atoms with Gasteiger partial charge in [-0.15, -0.1) is 21.5 Å². The molecule has 2 aromatic carbocycles. The van der Waals surface area contributed by atoms with E-state index < -0.39 is 0 Å². The number of benzene rings is 2. The van der Waals surface area contributed by atoms with Crippen LogP contribution in [-0.4, -0.2) is 38.8 Å². The second-order valence-electron chi connectivity index (χ2n) is 7.44. The molecule has 0 saturated heterocycles. The first-order valence-corrected chi connectivity index (χ1v) is 12.4. The van der Waals surface area contributed by atoms with Crippen LogP contribution in [0.5, 0.6) is 0 Å². The van der Waals surface area contributed by atoms with Gasteiger partial charge in [-0.25, -0.2) is 0 Å². The Morgan fingerprint density at radius 3 is 2.42 bits per heavy atom. The summed E-state index contributed by atoms with van der Waals surface area (Å²) in [7, 11) is 0. The first-order chi connectivity index (χ1) is 16.1. The zero-order chi connectivity index (χ0) is 23.0. The normalized spacial score (nSPS) is 10.8. The summed E-state index contributed by atoms with van der Waals surface area (Å²) in [6, 6.07) is 23.9. The molecule has 0 fully saturated rings. The van der Waals surface area contributed by atoms with Crippen molar-refractivity contribution in [1.82, 2.24) is 20.1 Å². The topological polar surface area (TPSA) is 76.9 Å². The van der Waals surface area contributed by atoms with Crippen molar-refractivity contribution in [1.29, 1.82) is 0 Å². The third-order valence-corrected chi connectivity index (χ3v) is 7.05. The molecule has 8 heteroatoms. The second-order valence-corrected chi connectivity index (χ2v) is 9.55. The van der Waals surface area contributed by atoms with Crippen molar-refractivity contribution in [3.8, 4) is 5.69 Å². The van der Waals surface area contributed by atoms with Gasteiger partial charge in [0.15, 0.2) is 10.9 Å². The number of carbonyl (C=O) groups excluding carboxylic acids is 2. The number of ketones is 1. The number of carbonyl (C=O) groups is 2. The van der Waals surface area contributed by atoms with Crippen molar-refractivity contribution >= 4 is 34.8 Å². The van der Waals surface area contributed by atoms with Crippen LogP contribution in [0.4, 0.5) is 0 Å². The van der Waals surface area contributed by atoms with E-state index in [-0.39, 0.29) is 17.4 Å². The molecule has 1 N–H and O–H groups in total. The number of aromatic nitrogens is 3. The number of thiophene rings is 1. The van der Waals surface area contributed by atoms with Crippen molar-refractivity contribution in [3.63, 3.8) is 0 Å². The monoisotopic (exact) mass is 476 g/mol. The number of hydrogen-bond acceptors (Lipinski definition) is 6. The van der Waals surface area contributed by atoms with E-state index in [4.69, 9.17) is 0 Å². The van der Waals surface area contributed by atoms with Crippen LogP contribution in [0.2, 0.25) is 0 Å². The minimum absolute atomic E-state index is 0.0478. The predicted octanol–water partition coefficient (Wildman–Crippen LogP) is 4.57. The maximum atomic E-state index is 12.8. The van der Waals surface area contributed by atoms with Gasteiger partial charge in [-0.3, -0.25) is 14.2 Å². The molecule has 6 nitrogen and oxygen atoms in total. The van der Waals surface area contributed by atoms with E-state index in [0.29, 0.717) is 18.1 Å². The number of para-hydroxylation sites is 1. The number of hydrogen-bond donors (Lipinski definition) is 1. The Labute approximate surface area is 201 Å². The summed E-state index contributed by atoms with van der Waals surface area (Å²) in [6.07, 6.45) is 1.37. The lowest BCUT2D eigenvalue weighted by Gasteiger charge is -2.10. The molecule has 2 heterocycles. The van der Waals surface area contributed by atoms with Gasteiger partial charge in [0.2, 0.25) is 5.91 Å². The van der Waals surface area contributed by atoms with Crippen molar-refractivity contribution in [2.75, 3.05) is 12.3 Å². The van der Waals surface area contributed by atoms with Gasteiger partial charge >= 0.3 is 0 Å². The Kier molecular flexibility index (Phi) is 7.70. The molecule has 0 bridgehead atoms. The molecule has 0 aliphatic carbocycles. The quantitative estimate of drug-likeness (QED) is 0.268. The van der Waals surface area contributed by atoms with Crippen molar-refractivity contribution in [2.45, 2.75) is 24.9 Å². The fourth-order valence-electron chi connectivity index (χ4n) is 3.35. The lowest BCUT2D eigenvalue weighted by molar-refractivity contribution is -0.118. The Hall–Kier alpha value is -3.23. The second kappa shape index (κ2) is 11.1. The number of thioether (sulfide) groups is 1. The van der Waals surface area contributed by atoms with E-state index >= 15 is 0 Å². The number of nitrogens with one attached hydrogen (secondary N) is 1. The number of rotatable bonds is 10. The average molecular weight is 477 g/mol. The highest BCUT2D eigenvalue weighted by molar-refractivity contribution is 7.99. The summed E-state index contributed by atoms with van der Waals surface area (Å²) < 4.78 is 2.03. The summed E-state index contributed by atoms with van der Waals surface area (Å²) in [5.74, 6) is 1.12. The van der Waals surface area contributed by atoms with Crippen LogP contribution in [0, 0.1) is 0 Å². The van der Waals surface area contributed by atoms with Crippen LogP contribution < -0.4 is 5.32 Å². The average Bonchev–Trinajstić information content (AvgIpc) is 3.46. The van der Waals surface area contributed by atoms with Gasteiger partial charge in [0.25, 0.3) is 0 Å². The van der Waals surface area contributed by atoms with Crippen molar-refractivity contribution in [3.05, 3.63) is 93.9 Å². The van der Waals surface area contributed by atoms with Crippen LogP contribution in [0.25, 0.3) is 5.69 Å². The largest absolute Gasteiger partial charge is 0.356 e. The van der Waals surface area contributed by atoms with Crippen LogP contribution in [0.15, 0.2) is 78.0 Å². The molecule has 0 radical (unpaired) electrons. The molecule has 4 rings (SSSR count). The van der Waals surface area contributed by atoms with Crippen molar-refractivity contribution in [2.24, 2.45) is 0 Å². The fraction of sp³-hybridized carbons (Fsp3) is 0.200. The van der Waals surface area contributed by atoms with Crippen LogP contribution in [0.3, 0.4) is 0 Å². The first kappa shape index (κ1) is 22.9. The van der Waals surface area contributed by atoms with E-state index in [0.717, 1.165) is 33.3 Å². The van der Waals surface area contributed by atoms with Gasteiger partial charge in [0, 0.05) is 30.5 Å². The Balaban J connectivity index is 1.47. The summed E-state index contributed by atoms with van der Waals surface area (Å²) in [4.78, 5) is 25.6. The van der Waals surface area contributed by atoms with Gasteiger partial charge in [-0.2, -0.15) is 0 Å². The van der Waals surface area contributed by atoms with E-state index in [1.165, 1.54) is 30.0 Å². The molecule has 1 amide bonds. The maximum absolute atomic E-state index is 12.8. The zero-order valence-corrected chi connectivity index (χ0v) is 19.9. The third-order valence-electron chi connectivity index (χ3n) is 4.93. The standard InChI is InChI=1S/C25H24N4O2S2/c1-18(30)26-15-14-21-12-13-23(33-21)22(31)17-32-25-28-27-24(16-19-8-4-2-5-9-19)29(25)20-10-6-3-7-11-20/h2-13H,14-17H2,1H3,(H,26,30). The fourth-order valence-corrected chi connectivity index (χ4v) is 5.24. The molecule has 0 aliphatic rings. The minimum Gasteiger partial charge on any atom is -0.356 e. The van der Waals surface area contributed by atoms with Crippen LogP contribution in [0.1, 0.15) is 32.9 Å². The molecule has 2 aromatic heterocycles. The van der Waals surface area contributed by atoms with E-state index in [1.807, 2.05) is 65.2 Å². The minimum atomic E-state index is -0.0478. The highest BCUT2D eigenvalue weighted by atomic mass is 32.2. The Morgan fingerprint density at radius 2 is 1.70 bits per heavy atom. The molecule has 0 atom stereocenters. The van der Waals surface area contributed by atoms with E-state index in [9.17, 15) is 9.59 Å². The van der Waals surface area contributed by atoms with E-state index in [1.54, 1.807) is 0 Å². The molecular weight excluding hydrogens is 452 g/mol. The smallest absolute Gasteiger partial charge is 0.216 e. The number of nitrogens with zero attached hydrogens (tertiary/aromatic N) is 3. The van der Waals surface area contributed by atoms with Gasteiger partial charge in [0.05, 0.1) is 10.6 Å². The molecule has 0 spiro atoms. The lowest BCUT2D eigenvalue weighted by atomic mass is 10.1. The molecule has 33 heavy (non-hydrogen) atoms. The highest BCUT2D eigenvalue weighted by Crippen LogP contribution is 2.26. The van der Waals surface area contributed by atoms with Crippen LogP contribution >= 0.6 is 23.1 Å². The molecule has 0 saturated carbocycles. The number of Topliss-reactive ketones (excluding diaryl/α,β-unsaturated/α-hetero) is 1. The Bertz CT molecular complexity index is 1220. The molecule has 4 aromatic rings. The van der Waals surface area contributed by atoms with Crippen molar-refractivity contribution < 1.29 is 9.59 Å². The van der Waals surface area contributed by atoms with E-state index in [2.05, 4.69) is 27.6 Å². The van der Waals surface area contributed by atoms with Crippen LogP contribution in [-0.2, 0) is 17.6 Å². The molecular formula is C25H24N4O2S2. The van der Waals surface area contributed by atoms with Gasteiger partial charge in [-0.1, -0.05) is 60.3 Å². The third kappa shape index (κ3) is 6.18. The summed E-state index contributed by atoms with van der Waals surface area (Å²) in [6.45, 7) is 2.07. The van der Waals surface area contributed by atoms with Gasteiger partial charge in [-0.05, 0) is 36.2 Å². The molecule has 0 unspecified atom stereocenters. The van der Waals surface area contributed by atoms with Gasteiger partial charge < -0.3 is 5.32 Å².